The molecule has 0 heterocycles. The summed E-state index contributed by atoms with van der Waals surface area (Å²) in [5.74, 6) is -10.9. The van der Waals surface area contributed by atoms with Gasteiger partial charge in [0.15, 0.2) is 0 Å². The molecular weight excluding hydrogens is 973 g/mol. The third-order valence-corrected chi connectivity index (χ3v) is 9.65. The van der Waals surface area contributed by atoms with Crippen molar-refractivity contribution in [1.29, 1.82) is 0 Å². The van der Waals surface area contributed by atoms with Gasteiger partial charge in [-0.05, 0) is 128 Å². The van der Waals surface area contributed by atoms with Crippen LogP contribution in [0.1, 0.15) is 168 Å². The summed E-state index contributed by atoms with van der Waals surface area (Å²) in [5.41, 5.74) is 1.33. The Morgan fingerprint density at radius 1 is 0.432 bits per heavy atom. The highest BCUT2D eigenvalue weighted by Crippen LogP contribution is 2.16. The number of esters is 4. The lowest BCUT2D eigenvalue weighted by molar-refractivity contribution is -0.156. The van der Waals surface area contributed by atoms with Crippen LogP contribution in [0.15, 0.2) is 0 Å². The molecule has 0 saturated heterocycles. The highest BCUT2D eigenvalue weighted by atomic mass is 16.6. The summed E-state index contributed by atoms with van der Waals surface area (Å²) >= 11 is 0. The minimum Gasteiger partial charge on any atom is -0.480 e. The minimum absolute atomic E-state index is 0.00933. The van der Waals surface area contributed by atoms with Crippen LogP contribution in [-0.2, 0) is 71.7 Å². The van der Waals surface area contributed by atoms with Gasteiger partial charge in [0.25, 0.3) is 0 Å². The molecule has 0 radical (unpaired) electrons. The maximum atomic E-state index is 14.4. The van der Waals surface area contributed by atoms with E-state index in [1.165, 1.54) is 0 Å². The Labute approximate surface area is 434 Å². The van der Waals surface area contributed by atoms with Gasteiger partial charge in [0, 0.05) is 39.2 Å². The zero-order chi connectivity index (χ0) is 57.5. The highest BCUT2D eigenvalue weighted by molar-refractivity contribution is 5.97. The van der Waals surface area contributed by atoms with Gasteiger partial charge in [-0.15, -0.1) is 0 Å². The quantitative estimate of drug-likeness (QED) is 0.0292. The fourth-order valence-electron chi connectivity index (χ4n) is 6.58. The summed E-state index contributed by atoms with van der Waals surface area (Å²) in [6, 6.07) is -10.1. The van der Waals surface area contributed by atoms with Gasteiger partial charge >= 0.3 is 35.9 Å². The van der Waals surface area contributed by atoms with Gasteiger partial charge in [-0.3, -0.25) is 47.9 Å². The van der Waals surface area contributed by atoms with Gasteiger partial charge in [-0.1, -0.05) is 13.8 Å². The van der Waals surface area contributed by atoms with Gasteiger partial charge in [0.05, 0.1) is 0 Å². The Morgan fingerprint density at radius 3 is 0.973 bits per heavy atom. The molecule has 0 aromatic carbocycles. The van der Waals surface area contributed by atoms with Crippen LogP contribution < -0.4 is 43.0 Å². The Balaban J connectivity index is 7.25. The first-order chi connectivity index (χ1) is 33.7. The van der Waals surface area contributed by atoms with E-state index in [0.29, 0.717) is 0 Å². The number of hydrogen-bond donors (Lipinski definition) is 9. The topological polar surface area (TPSA) is 372 Å². The molecule has 0 rings (SSSR count). The Kier molecular flexibility index (Phi) is 27.9. The fraction of sp³-hybridized carbons (Fsp3) is 0.755. The number of aliphatic carboxylic acids is 1. The second-order valence-electron chi connectivity index (χ2n) is 22.0. The standard InChI is InChI=1S/C49H84N8O17/c1-27(2)38(43(67)56-33(44(68)69)17-16-26-51-45(50)70)57-42(66)32(21-25-37(62)74-49(13,14)15)55-41(65)31(20-24-36(61)73-48(10,11)12)54-40(64)30(19-23-35(60)72-47(7,8)9)53-39(63)29(52-28(3)58)18-22-34(59)71-46(4,5)6/h27,29-33,38H,16-26H2,1-15H3,(H,52,58)(H,53,63)(H,54,64)(H,55,65)(H,56,67)(H,57,66)(H,68,69)(H3,50,51,70)/t29-,30-,31-,32-,33-,38-/m0/s1. The molecule has 0 unspecified atom stereocenters. The first kappa shape index (κ1) is 67.4. The number of amides is 8. The summed E-state index contributed by atoms with van der Waals surface area (Å²) in [6.07, 6.45) is -3.41. The smallest absolute Gasteiger partial charge is 0.326 e. The molecule has 25 nitrogen and oxygen atoms in total. The Hall–Kier alpha value is -6.56. The molecule has 8 amide bonds. The van der Waals surface area contributed by atoms with Gasteiger partial charge in [-0.2, -0.15) is 0 Å². The molecule has 0 saturated carbocycles. The van der Waals surface area contributed by atoms with Gasteiger partial charge in [0.2, 0.25) is 35.4 Å². The fourth-order valence-corrected chi connectivity index (χ4v) is 6.58. The molecular formula is C49H84N8O17. The normalized spacial score (nSPS) is 14.2. The SMILES string of the molecule is CC(=O)N[C@@H](CCC(=O)OC(C)(C)C)C(=O)N[C@@H](CCC(=O)OC(C)(C)C)C(=O)N[C@@H](CCC(=O)OC(C)(C)C)C(=O)N[C@@H](CCC(=O)OC(C)(C)C)C(=O)N[C@H](C(=O)N[C@@H](CCCNC(N)=O)C(=O)O)C(C)C. The van der Waals surface area contributed by atoms with E-state index in [9.17, 15) is 62.6 Å². The molecule has 25 heteroatoms. The number of carboxylic acid groups (broad SMARTS) is 1. The van der Waals surface area contributed by atoms with Gasteiger partial charge in [0.1, 0.15) is 58.7 Å². The van der Waals surface area contributed by atoms with Crippen LogP contribution in [-0.4, -0.2) is 142 Å². The van der Waals surface area contributed by atoms with Crippen molar-refractivity contribution < 1.29 is 81.6 Å². The number of ether oxygens (including phenoxy) is 4. The molecule has 10 N–H and O–H groups in total. The monoisotopic (exact) mass is 1060 g/mol. The summed E-state index contributed by atoms with van der Waals surface area (Å²) in [7, 11) is 0. The molecule has 0 spiro atoms. The molecule has 422 valence electrons. The van der Waals surface area contributed by atoms with Crippen LogP contribution in [0, 0.1) is 5.92 Å². The van der Waals surface area contributed by atoms with E-state index >= 15 is 0 Å². The molecule has 0 aliphatic rings. The van der Waals surface area contributed by atoms with Crippen LogP contribution in [0.25, 0.3) is 0 Å². The van der Waals surface area contributed by atoms with E-state index in [2.05, 4.69) is 37.2 Å². The van der Waals surface area contributed by atoms with Crippen LogP contribution in [0.5, 0.6) is 0 Å². The number of hydrogen-bond acceptors (Lipinski definition) is 16. The molecule has 6 atom stereocenters. The second-order valence-corrected chi connectivity index (χ2v) is 22.0. The number of nitrogens with two attached hydrogens (primary N) is 1. The van der Waals surface area contributed by atoms with Crippen LogP contribution in [0.3, 0.4) is 0 Å². The number of nitrogens with one attached hydrogen (secondary N) is 7. The van der Waals surface area contributed by atoms with E-state index in [1.807, 2.05) is 0 Å². The molecule has 74 heavy (non-hydrogen) atoms. The van der Waals surface area contributed by atoms with Gasteiger partial charge in [-0.25, -0.2) is 9.59 Å². The summed E-state index contributed by atoms with van der Waals surface area (Å²) in [5, 5.41) is 26.9. The minimum atomic E-state index is -1.71. The van der Waals surface area contributed by atoms with Crippen molar-refractivity contribution in [3.05, 3.63) is 0 Å². The molecule has 0 aliphatic carbocycles. The average Bonchev–Trinajstić information content (AvgIpc) is 3.20. The number of rotatable bonds is 29. The zero-order valence-electron chi connectivity index (χ0n) is 45.9. The van der Waals surface area contributed by atoms with Gasteiger partial charge < -0.3 is 67.0 Å². The summed E-state index contributed by atoms with van der Waals surface area (Å²) in [6.45, 7) is 23.6. The first-order valence-electron chi connectivity index (χ1n) is 24.6. The van der Waals surface area contributed by atoms with E-state index in [1.54, 1.807) is 96.9 Å². The number of carbonyl (C=O) groups is 12. The van der Waals surface area contributed by atoms with Crippen LogP contribution in [0.4, 0.5) is 4.79 Å². The second kappa shape index (κ2) is 30.6. The van der Waals surface area contributed by atoms with Crippen LogP contribution in [0.2, 0.25) is 0 Å². The van der Waals surface area contributed by atoms with Crippen molar-refractivity contribution >= 4 is 71.3 Å². The predicted molar refractivity (Wildman–Crippen MR) is 267 cm³/mol. The molecule has 0 bridgehead atoms. The van der Waals surface area contributed by atoms with Crippen molar-refractivity contribution in [1.82, 2.24) is 37.2 Å². The van der Waals surface area contributed by atoms with E-state index in [0.717, 1.165) is 6.92 Å². The van der Waals surface area contributed by atoms with E-state index in [-0.39, 0.29) is 32.2 Å². The molecule has 0 aliphatic heterocycles. The zero-order valence-corrected chi connectivity index (χ0v) is 45.9. The maximum absolute atomic E-state index is 14.4. The predicted octanol–water partition coefficient (Wildman–Crippen LogP) is 1.59. The average molecular weight is 1060 g/mol. The largest absolute Gasteiger partial charge is 0.480 e. The summed E-state index contributed by atoms with van der Waals surface area (Å²) in [4.78, 5) is 157. The molecule has 0 aromatic heterocycles. The Morgan fingerprint density at radius 2 is 0.716 bits per heavy atom. The third kappa shape index (κ3) is 31.8. The molecule has 0 aromatic rings. The number of carbonyl (C=O) groups excluding carboxylic acids is 11. The maximum Gasteiger partial charge on any atom is 0.326 e. The number of primary amides is 1. The third-order valence-electron chi connectivity index (χ3n) is 9.65. The van der Waals surface area contributed by atoms with Crippen molar-refractivity contribution in [2.24, 2.45) is 11.7 Å². The van der Waals surface area contributed by atoms with E-state index < -0.39 is 174 Å². The first-order valence-corrected chi connectivity index (χ1v) is 24.6. The molecule has 0 fully saturated rings. The van der Waals surface area contributed by atoms with Crippen molar-refractivity contribution in [3.63, 3.8) is 0 Å². The van der Waals surface area contributed by atoms with Crippen LogP contribution >= 0.6 is 0 Å². The number of urea groups is 1. The highest BCUT2D eigenvalue weighted by Gasteiger charge is 2.36. The lowest BCUT2D eigenvalue weighted by Gasteiger charge is -2.29. The van der Waals surface area contributed by atoms with Crippen molar-refractivity contribution in [3.8, 4) is 0 Å². The van der Waals surface area contributed by atoms with Crippen molar-refractivity contribution in [2.45, 2.75) is 227 Å². The Bertz CT molecular complexity index is 1980. The summed E-state index contributed by atoms with van der Waals surface area (Å²) < 4.78 is 21.6. The lowest BCUT2D eigenvalue weighted by Crippen LogP contribution is -2.60. The number of carboxylic acids is 1. The van der Waals surface area contributed by atoms with E-state index in [4.69, 9.17) is 24.7 Å². The lowest BCUT2D eigenvalue weighted by atomic mass is 10.0. The van der Waals surface area contributed by atoms with Crippen molar-refractivity contribution in [2.75, 3.05) is 6.54 Å².